The third-order valence-corrected chi connectivity index (χ3v) is 4.21. The molecule has 0 unspecified atom stereocenters. The van der Waals surface area contributed by atoms with Gasteiger partial charge in [0.1, 0.15) is 6.61 Å². The zero-order valence-corrected chi connectivity index (χ0v) is 14.7. The molecule has 0 aromatic heterocycles. The molecule has 0 aliphatic carbocycles. The normalized spacial score (nSPS) is 14.0. The summed E-state index contributed by atoms with van der Waals surface area (Å²) in [7, 11) is -3.43. The molecule has 1 heterocycles. The molecule has 2 aromatic carbocycles. The van der Waals surface area contributed by atoms with Gasteiger partial charge in [-0.3, -0.25) is 14.4 Å². The highest BCUT2D eigenvalue weighted by molar-refractivity contribution is 7.92. The summed E-state index contributed by atoms with van der Waals surface area (Å²) in [6.45, 7) is 0.783. The molecule has 0 bridgehead atoms. The molecule has 2 amide bonds. The first kappa shape index (κ1) is 17.7. The van der Waals surface area contributed by atoms with E-state index in [4.69, 9.17) is 4.74 Å². The highest BCUT2D eigenvalue weighted by Crippen LogP contribution is 2.23. The summed E-state index contributed by atoms with van der Waals surface area (Å²) < 4.78 is 29.8. The van der Waals surface area contributed by atoms with Crippen molar-refractivity contribution in [1.82, 2.24) is 0 Å². The van der Waals surface area contributed by atoms with Gasteiger partial charge >= 0.3 is 6.09 Å². The van der Waals surface area contributed by atoms with Gasteiger partial charge in [0.05, 0.1) is 12.8 Å². The number of nitrogens with one attached hydrogen (secondary N) is 2. The number of hydrogen-bond donors (Lipinski definition) is 2. The second kappa shape index (κ2) is 7.04. The van der Waals surface area contributed by atoms with Crippen LogP contribution in [0, 0.1) is 0 Å². The number of hydrogen-bond acceptors (Lipinski definition) is 5. The molecule has 9 heteroatoms. The van der Waals surface area contributed by atoms with Crippen LogP contribution >= 0.6 is 0 Å². The largest absolute Gasteiger partial charge is 0.447 e. The van der Waals surface area contributed by atoms with Crippen LogP contribution in [0.25, 0.3) is 0 Å². The molecule has 136 valence electrons. The lowest BCUT2D eigenvalue weighted by Crippen LogP contribution is -2.23. The zero-order chi connectivity index (χ0) is 18.7. The molecule has 0 atom stereocenters. The Labute approximate surface area is 150 Å². The van der Waals surface area contributed by atoms with E-state index in [1.807, 2.05) is 0 Å². The van der Waals surface area contributed by atoms with Crippen molar-refractivity contribution < 1.29 is 22.7 Å². The van der Waals surface area contributed by atoms with Crippen molar-refractivity contribution in [2.24, 2.45) is 0 Å². The van der Waals surface area contributed by atoms with Crippen LogP contribution in [0.15, 0.2) is 48.5 Å². The summed E-state index contributed by atoms with van der Waals surface area (Å²) in [5.41, 5.74) is 1.73. The molecule has 3 rings (SSSR count). The van der Waals surface area contributed by atoms with Crippen molar-refractivity contribution in [2.75, 3.05) is 34.3 Å². The Kier molecular flexibility index (Phi) is 4.81. The molecule has 1 aliphatic heterocycles. The van der Waals surface area contributed by atoms with Crippen LogP contribution in [0.4, 0.5) is 21.9 Å². The predicted octanol–water partition coefficient (Wildman–Crippen LogP) is 2.27. The standard InChI is InChI=1S/C17H17N3O5S/c1-26(23,24)19-14-6-2-4-12(10-14)16(21)18-13-5-3-7-15(11-13)20-8-9-25-17(20)22/h2-7,10-11,19H,8-9H2,1H3,(H,18,21). The minimum absolute atomic E-state index is 0.296. The Bertz CT molecular complexity index is 958. The molecule has 0 spiro atoms. The summed E-state index contributed by atoms with van der Waals surface area (Å²) in [4.78, 5) is 25.6. The number of carbonyl (C=O) groups is 2. The monoisotopic (exact) mass is 375 g/mol. The van der Waals surface area contributed by atoms with Crippen LogP contribution in [0.2, 0.25) is 0 Å². The molecule has 1 aliphatic rings. The van der Waals surface area contributed by atoms with Crippen LogP contribution < -0.4 is 14.9 Å². The van der Waals surface area contributed by atoms with Gasteiger partial charge in [-0.15, -0.1) is 0 Å². The van der Waals surface area contributed by atoms with Gasteiger partial charge in [-0.25, -0.2) is 13.2 Å². The molecule has 1 saturated heterocycles. The smallest absolute Gasteiger partial charge is 0.414 e. The van der Waals surface area contributed by atoms with E-state index in [9.17, 15) is 18.0 Å². The van der Waals surface area contributed by atoms with E-state index < -0.39 is 22.0 Å². The van der Waals surface area contributed by atoms with E-state index in [1.165, 1.54) is 11.0 Å². The number of nitrogens with zero attached hydrogens (tertiary/aromatic N) is 1. The van der Waals surface area contributed by atoms with E-state index in [1.54, 1.807) is 42.5 Å². The van der Waals surface area contributed by atoms with E-state index in [0.717, 1.165) is 6.26 Å². The lowest BCUT2D eigenvalue weighted by Gasteiger charge is -2.14. The highest BCUT2D eigenvalue weighted by atomic mass is 32.2. The summed E-state index contributed by atoms with van der Waals surface area (Å²) >= 11 is 0. The molecule has 2 N–H and O–H groups in total. The molecule has 1 fully saturated rings. The Morgan fingerprint density at radius 3 is 2.54 bits per heavy atom. The van der Waals surface area contributed by atoms with Gasteiger partial charge in [0, 0.05) is 22.6 Å². The minimum atomic E-state index is -3.43. The topological polar surface area (TPSA) is 105 Å². The second-order valence-electron chi connectivity index (χ2n) is 5.73. The van der Waals surface area contributed by atoms with Gasteiger partial charge in [-0.05, 0) is 36.4 Å². The third-order valence-electron chi connectivity index (χ3n) is 3.60. The maximum Gasteiger partial charge on any atom is 0.414 e. The number of carbonyl (C=O) groups excluding carboxylic acids is 2. The fourth-order valence-electron chi connectivity index (χ4n) is 2.52. The van der Waals surface area contributed by atoms with Crippen LogP contribution in [0.1, 0.15) is 10.4 Å². The summed E-state index contributed by atoms with van der Waals surface area (Å²) in [5.74, 6) is -0.400. The summed E-state index contributed by atoms with van der Waals surface area (Å²) in [5, 5.41) is 2.73. The van der Waals surface area contributed by atoms with Crippen LogP contribution in [0.5, 0.6) is 0 Å². The van der Waals surface area contributed by atoms with Gasteiger partial charge in [-0.2, -0.15) is 0 Å². The first-order valence-electron chi connectivity index (χ1n) is 7.75. The van der Waals surface area contributed by atoms with E-state index in [-0.39, 0.29) is 0 Å². The number of benzene rings is 2. The average molecular weight is 375 g/mol. The Morgan fingerprint density at radius 1 is 1.12 bits per heavy atom. The minimum Gasteiger partial charge on any atom is -0.447 e. The molecule has 0 radical (unpaired) electrons. The predicted molar refractivity (Wildman–Crippen MR) is 98.0 cm³/mol. The van der Waals surface area contributed by atoms with Crippen LogP contribution in [0.3, 0.4) is 0 Å². The number of anilines is 3. The lowest BCUT2D eigenvalue weighted by atomic mass is 10.2. The first-order chi connectivity index (χ1) is 12.3. The van der Waals surface area contributed by atoms with E-state index in [0.29, 0.717) is 35.8 Å². The van der Waals surface area contributed by atoms with E-state index in [2.05, 4.69) is 10.0 Å². The fourth-order valence-corrected chi connectivity index (χ4v) is 3.08. The van der Waals surface area contributed by atoms with Gasteiger partial charge in [0.15, 0.2) is 0 Å². The van der Waals surface area contributed by atoms with Crippen molar-refractivity contribution >= 4 is 39.1 Å². The Hall–Kier alpha value is -3.07. The lowest BCUT2D eigenvalue weighted by molar-refractivity contribution is 0.102. The second-order valence-corrected chi connectivity index (χ2v) is 7.47. The number of amides is 2. The molecule has 2 aromatic rings. The van der Waals surface area contributed by atoms with Gasteiger partial charge in [0.25, 0.3) is 5.91 Å². The summed E-state index contributed by atoms with van der Waals surface area (Å²) in [6, 6.07) is 13.0. The number of sulfonamides is 1. The van der Waals surface area contributed by atoms with Gasteiger partial charge in [0.2, 0.25) is 10.0 Å². The molecular formula is C17H17N3O5S. The maximum absolute atomic E-state index is 12.4. The van der Waals surface area contributed by atoms with Crippen molar-refractivity contribution in [3.8, 4) is 0 Å². The Balaban J connectivity index is 1.76. The number of cyclic esters (lactones) is 1. The third kappa shape index (κ3) is 4.31. The van der Waals surface area contributed by atoms with Crippen molar-refractivity contribution in [2.45, 2.75) is 0 Å². The molecular weight excluding hydrogens is 358 g/mol. The first-order valence-corrected chi connectivity index (χ1v) is 9.64. The molecule has 0 saturated carbocycles. The van der Waals surface area contributed by atoms with Crippen LogP contribution in [-0.2, 0) is 14.8 Å². The number of ether oxygens (including phenoxy) is 1. The zero-order valence-electron chi connectivity index (χ0n) is 13.9. The van der Waals surface area contributed by atoms with Crippen molar-refractivity contribution in [1.29, 1.82) is 0 Å². The van der Waals surface area contributed by atoms with Gasteiger partial charge in [-0.1, -0.05) is 12.1 Å². The average Bonchev–Trinajstić information content (AvgIpc) is 3.00. The van der Waals surface area contributed by atoms with Crippen molar-refractivity contribution in [3.05, 3.63) is 54.1 Å². The van der Waals surface area contributed by atoms with Crippen LogP contribution in [-0.4, -0.2) is 39.8 Å². The quantitative estimate of drug-likeness (QED) is 0.834. The SMILES string of the molecule is CS(=O)(=O)Nc1cccc(C(=O)Nc2cccc(N3CCOC3=O)c2)c1. The van der Waals surface area contributed by atoms with E-state index >= 15 is 0 Å². The Morgan fingerprint density at radius 2 is 1.85 bits per heavy atom. The molecule has 8 nitrogen and oxygen atoms in total. The van der Waals surface area contributed by atoms with Gasteiger partial charge < -0.3 is 10.1 Å². The summed E-state index contributed by atoms with van der Waals surface area (Å²) in [6.07, 6.45) is 0.613. The maximum atomic E-state index is 12.4. The number of rotatable bonds is 5. The highest BCUT2D eigenvalue weighted by Gasteiger charge is 2.23. The van der Waals surface area contributed by atoms with Crippen molar-refractivity contribution in [3.63, 3.8) is 0 Å². The fraction of sp³-hybridized carbons (Fsp3) is 0.176. The molecule has 26 heavy (non-hydrogen) atoms.